The van der Waals surface area contributed by atoms with Crippen LogP contribution in [-0.2, 0) is 16.0 Å². The first-order chi connectivity index (χ1) is 7.58. The number of ketones is 1. The van der Waals surface area contributed by atoms with Gasteiger partial charge in [-0.1, -0.05) is 25.9 Å². The minimum atomic E-state index is -0.161. The van der Waals surface area contributed by atoms with Crippen molar-refractivity contribution in [2.45, 2.75) is 39.7 Å². The van der Waals surface area contributed by atoms with E-state index in [4.69, 9.17) is 9.26 Å². The van der Waals surface area contributed by atoms with E-state index in [9.17, 15) is 4.79 Å². The molecule has 1 aromatic rings. The van der Waals surface area contributed by atoms with Crippen molar-refractivity contribution in [3.63, 3.8) is 0 Å². The van der Waals surface area contributed by atoms with E-state index in [-0.39, 0.29) is 24.2 Å². The summed E-state index contributed by atoms with van der Waals surface area (Å²) >= 11 is 0. The van der Waals surface area contributed by atoms with Crippen molar-refractivity contribution in [3.05, 3.63) is 11.7 Å². The van der Waals surface area contributed by atoms with Gasteiger partial charge in [-0.3, -0.25) is 4.79 Å². The van der Waals surface area contributed by atoms with Gasteiger partial charge in [0.2, 0.25) is 11.7 Å². The van der Waals surface area contributed by atoms with Crippen LogP contribution in [0.4, 0.5) is 0 Å². The van der Waals surface area contributed by atoms with Crippen molar-refractivity contribution in [1.82, 2.24) is 10.1 Å². The van der Waals surface area contributed by atoms with Gasteiger partial charge in [-0.25, -0.2) is 0 Å². The average Bonchev–Trinajstić information content (AvgIpc) is 2.68. The lowest BCUT2D eigenvalue weighted by Crippen LogP contribution is -2.10. The molecule has 0 saturated carbocycles. The van der Waals surface area contributed by atoms with Gasteiger partial charge in [0.1, 0.15) is 11.9 Å². The Morgan fingerprint density at radius 2 is 2.19 bits per heavy atom. The minimum Gasteiger partial charge on any atom is -0.373 e. The van der Waals surface area contributed by atoms with Gasteiger partial charge in [-0.2, -0.15) is 4.98 Å². The Morgan fingerprint density at radius 1 is 1.50 bits per heavy atom. The Labute approximate surface area is 95.2 Å². The number of carbonyl (C=O) groups excluding carboxylic acids is 1. The minimum absolute atomic E-state index is 0.0141. The van der Waals surface area contributed by atoms with Crippen molar-refractivity contribution in [2.75, 3.05) is 7.11 Å². The Hall–Kier alpha value is -1.23. The maximum Gasteiger partial charge on any atom is 0.234 e. The predicted molar refractivity (Wildman–Crippen MR) is 57.9 cm³/mol. The average molecular weight is 226 g/mol. The summed E-state index contributed by atoms with van der Waals surface area (Å²) in [7, 11) is 1.60. The zero-order valence-electron chi connectivity index (χ0n) is 10.2. The van der Waals surface area contributed by atoms with Crippen LogP contribution in [0.2, 0.25) is 0 Å². The van der Waals surface area contributed by atoms with E-state index in [2.05, 4.69) is 10.1 Å². The van der Waals surface area contributed by atoms with E-state index in [0.29, 0.717) is 11.7 Å². The number of aromatic nitrogens is 2. The SMILES string of the molecule is CCC(OC)c1noc(CC(=O)C(C)C)n1. The molecule has 1 rings (SSSR count). The largest absolute Gasteiger partial charge is 0.373 e. The molecule has 5 nitrogen and oxygen atoms in total. The third-order valence-corrected chi connectivity index (χ3v) is 2.40. The molecule has 0 aliphatic heterocycles. The van der Waals surface area contributed by atoms with Crippen LogP contribution in [0.25, 0.3) is 0 Å². The van der Waals surface area contributed by atoms with Gasteiger partial charge < -0.3 is 9.26 Å². The molecule has 16 heavy (non-hydrogen) atoms. The van der Waals surface area contributed by atoms with Crippen molar-refractivity contribution in [1.29, 1.82) is 0 Å². The summed E-state index contributed by atoms with van der Waals surface area (Å²) in [6, 6.07) is 0. The van der Waals surface area contributed by atoms with Crippen molar-refractivity contribution < 1.29 is 14.1 Å². The lowest BCUT2D eigenvalue weighted by atomic mass is 10.1. The van der Waals surface area contributed by atoms with Gasteiger partial charge in [0.15, 0.2) is 0 Å². The van der Waals surface area contributed by atoms with Crippen LogP contribution in [-0.4, -0.2) is 23.0 Å². The fourth-order valence-corrected chi connectivity index (χ4v) is 1.28. The van der Waals surface area contributed by atoms with Gasteiger partial charge >= 0.3 is 0 Å². The van der Waals surface area contributed by atoms with Crippen LogP contribution >= 0.6 is 0 Å². The molecule has 0 amide bonds. The third-order valence-electron chi connectivity index (χ3n) is 2.40. The van der Waals surface area contributed by atoms with Crippen LogP contribution in [0.15, 0.2) is 4.52 Å². The zero-order valence-corrected chi connectivity index (χ0v) is 10.2. The van der Waals surface area contributed by atoms with E-state index in [1.54, 1.807) is 7.11 Å². The lowest BCUT2D eigenvalue weighted by molar-refractivity contribution is -0.121. The number of ether oxygens (including phenoxy) is 1. The number of rotatable bonds is 6. The molecule has 0 saturated heterocycles. The number of methoxy groups -OCH3 is 1. The fraction of sp³-hybridized carbons (Fsp3) is 0.727. The molecule has 0 aromatic carbocycles. The van der Waals surface area contributed by atoms with E-state index in [1.807, 2.05) is 20.8 Å². The molecule has 1 heterocycles. The molecule has 1 unspecified atom stereocenters. The second-order valence-corrected chi connectivity index (χ2v) is 3.98. The highest BCUT2D eigenvalue weighted by Gasteiger charge is 2.18. The van der Waals surface area contributed by atoms with Gasteiger partial charge in [-0.05, 0) is 6.42 Å². The molecule has 0 bridgehead atoms. The van der Waals surface area contributed by atoms with E-state index >= 15 is 0 Å². The fourth-order valence-electron chi connectivity index (χ4n) is 1.28. The highest BCUT2D eigenvalue weighted by molar-refractivity contribution is 5.81. The van der Waals surface area contributed by atoms with Gasteiger partial charge in [0, 0.05) is 13.0 Å². The molecular weight excluding hydrogens is 208 g/mol. The number of hydrogen-bond donors (Lipinski definition) is 0. The van der Waals surface area contributed by atoms with Gasteiger partial charge in [-0.15, -0.1) is 0 Å². The monoisotopic (exact) mass is 226 g/mol. The number of nitrogens with zero attached hydrogens (tertiary/aromatic N) is 2. The normalized spacial score (nSPS) is 13.1. The number of Topliss-reactive ketones (excluding diaryl/α,β-unsaturated/α-hetero) is 1. The Kier molecular flexibility index (Phi) is 4.61. The second kappa shape index (κ2) is 5.75. The summed E-state index contributed by atoms with van der Waals surface area (Å²) in [5.41, 5.74) is 0. The Balaban J connectivity index is 2.68. The molecule has 0 radical (unpaired) electrons. The van der Waals surface area contributed by atoms with Crippen molar-refractivity contribution in [2.24, 2.45) is 5.92 Å². The summed E-state index contributed by atoms with van der Waals surface area (Å²) in [6.07, 6.45) is 0.810. The Bertz CT molecular complexity index is 343. The number of hydrogen-bond acceptors (Lipinski definition) is 5. The van der Waals surface area contributed by atoms with Crippen molar-refractivity contribution >= 4 is 5.78 Å². The molecule has 1 atom stereocenters. The first-order valence-corrected chi connectivity index (χ1v) is 5.46. The summed E-state index contributed by atoms with van der Waals surface area (Å²) in [5, 5.41) is 3.81. The molecule has 0 fully saturated rings. The quantitative estimate of drug-likeness (QED) is 0.741. The molecule has 5 heteroatoms. The first-order valence-electron chi connectivity index (χ1n) is 5.46. The standard InChI is InChI=1S/C11H18N2O3/c1-5-9(15-4)11-12-10(16-13-11)6-8(14)7(2)3/h7,9H,5-6H2,1-4H3. The van der Waals surface area contributed by atoms with Gasteiger partial charge in [0.25, 0.3) is 0 Å². The third kappa shape index (κ3) is 3.13. The smallest absolute Gasteiger partial charge is 0.234 e. The molecule has 90 valence electrons. The summed E-state index contributed by atoms with van der Waals surface area (Å²) < 4.78 is 10.2. The molecule has 0 aliphatic carbocycles. The highest BCUT2D eigenvalue weighted by atomic mass is 16.5. The van der Waals surface area contributed by atoms with Crippen LogP contribution in [0.3, 0.4) is 0 Å². The van der Waals surface area contributed by atoms with Crippen LogP contribution < -0.4 is 0 Å². The zero-order chi connectivity index (χ0) is 12.1. The summed E-state index contributed by atoms with van der Waals surface area (Å²) in [5.74, 6) is 0.959. The van der Waals surface area contributed by atoms with E-state index < -0.39 is 0 Å². The predicted octanol–water partition coefficient (Wildman–Crippen LogP) is 1.93. The van der Waals surface area contributed by atoms with E-state index in [1.165, 1.54) is 0 Å². The van der Waals surface area contributed by atoms with E-state index in [0.717, 1.165) is 6.42 Å². The maximum absolute atomic E-state index is 11.5. The van der Waals surface area contributed by atoms with Crippen LogP contribution in [0.1, 0.15) is 45.0 Å². The van der Waals surface area contributed by atoms with Crippen LogP contribution in [0, 0.1) is 5.92 Å². The topological polar surface area (TPSA) is 65.2 Å². The molecule has 0 spiro atoms. The maximum atomic E-state index is 11.5. The van der Waals surface area contributed by atoms with Crippen molar-refractivity contribution in [3.8, 4) is 0 Å². The molecule has 0 N–H and O–H groups in total. The first kappa shape index (κ1) is 12.8. The highest BCUT2D eigenvalue weighted by Crippen LogP contribution is 2.17. The van der Waals surface area contributed by atoms with Gasteiger partial charge in [0.05, 0.1) is 6.42 Å². The van der Waals surface area contributed by atoms with Crippen LogP contribution in [0.5, 0.6) is 0 Å². The lowest BCUT2D eigenvalue weighted by Gasteiger charge is -2.06. The summed E-state index contributed by atoms with van der Waals surface area (Å²) in [4.78, 5) is 15.6. The summed E-state index contributed by atoms with van der Waals surface area (Å²) in [6.45, 7) is 5.68. The molecule has 0 aliphatic rings. The molecule has 1 aromatic heterocycles. The Morgan fingerprint density at radius 3 is 2.69 bits per heavy atom. The number of carbonyl (C=O) groups is 1. The second-order valence-electron chi connectivity index (χ2n) is 3.98. The molecular formula is C11H18N2O3.